The molecule has 0 aliphatic rings. The zero-order valence-corrected chi connectivity index (χ0v) is 17.9. The molecular formula is C26H25NO3. The summed E-state index contributed by atoms with van der Waals surface area (Å²) in [4.78, 5) is 25.5. The lowest BCUT2D eigenvalue weighted by Crippen LogP contribution is -2.14. The third-order valence-corrected chi connectivity index (χ3v) is 5.56. The maximum atomic E-state index is 12.9. The SMILES string of the molecule is Cc1cc2oc3cc(NC(=O)c4ccc(C(C)(C)C)cc4)ccc3c(=O)c2cc1C. The van der Waals surface area contributed by atoms with Gasteiger partial charge < -0.3 is 9.73 Å². The summed E-state index contributed by atoms with van der Waals surface area (Å²) in [7, 11) is 0. The highest BCUT2D eigenvalue weighted by atomic mass is 16.3. The van der Waals surface area contributed by atoms with Crippen LogP contribution in [0.3, 0.4) is 0 Å². The van der Waals surface area contributed by atoms with Crippen LogP contribution >= 0.6 is 0 Å². The molecule has 4 nitrogen and oxygen atoms in total. The summed E-state index contributed by atoms with van der Waals surface area (Å²) in [5.41, 5.74) is 5.42. The fourth-order valence-electron chi connectivity index (χ4n) is 3.51. The molecule has 0 saturated heterocycles. The van der Waals surface area contributed by atoms with Crippen LogP contribution in [0.25, 0.3) is 21.9 Å². The molecule has 0 unspecified atom stereocenters. The zero-order valence-electron chi connectivity index (χ0n) is 17.9. The number of fused-ring (bicyclic) bond motifs is 2. The second-order valence-electron chi connectivity index (χ2n) is 8.86. The molecule has 1 heterocycles. The van der Waals surface area contributed by atoms with Crippen LogP contribution in [0.2, 0.25) is 0 Å². The number of carbonyl (C=O) groups is 1. The molecule has 0 aliphatic heterocycles. The van der Waals surface area contributed by atoms with E-state index in [0.29, 0.717) is 33.2 Å². The van der Waals surface area contributed by atoms with Gasteiger partial charge in [0.05, 0.1) is 10.8 Å². The first-order valence-corrected chi connectivity index (χ1v) is 10.0. The summed E-state index contributed by atoms with van der Waals surface area (Å²) in [6.45, 7) is 10.4. The molecule has 0 saturated carbocycles. The largest absolute Gasteiger partial charge is 0.456 e. The van der Waals surface area contributed by atoms with Gasteiger partial charge in [0.1, 0.15) is 11.2 Å². The minimum Gasteiger partial charge on any atom is -0.456 e. The summed E-state index contributed by atoms with van der Waals surface area (Å²) in [6, 6.07) is 16.5. The third-order valence-electron chi connectivity index (χ3n) is 5.56. The van der Waals surface area contributed by atoms with Crippen LogP contribution in [0.1, 0.15) is 47.8 Å². The Morgan fingerprint density at radius 1 is 0.833 bits per heavy atom. The Labute approximate surface area is 175 Å². The standard InChI is InChI=1S/C26H25NO3/c1-15-12-21-22(13-16(15)2)30-23-14-19(10-11-20(23)24(21)28)27-25(29)17-6-8-18(9-7-17)26(3,4)5/h6-14H,1-5H3,(H,27,29). The Balaban J connectivity index is 1.68. The smallest absolute Gasteiger partial charge is 0.255 e. The minimum atomic E-state index is -0.204. The van der Waals surface area contributed by atoms with Crippen molar-refractivity contribution in [3.63, 3.8) is 0 Å². The van der Waals surface area contributed by atoms with Crippen molar-refractivity contribution in [2.24, 2.45) is 0 Å². The normalized spacial score (nSPS) is 11.8. The van der Waals surface area contributed by atoms with Crippen LogP contribution in [0.4, 0.5) is 5.69 Å². The predicted molar refractivity (Wildman–Crippen MR) is 123 cm³/mol. The Morgan fingerprint density at radius 3 is 2.13 bits per heavy atom. The molecule has 3 aromatic carbocycles. The summed E-state index contributed by atoms with van der Waals surface area (Å²) < 4.78 is 5.99. The first kappa shape index (κ1) is 19.9. The molecule has 0 aliphatic carbocycles. The Kier molecular flexibility index (Phi) is 4.73. The molecule has 4 heteroatoms. The average Bonchev–Trinajstić information content (AvgIpc) is 2.69. The Morgan fingerprint density at radius 2 is 1.47 bits per heavy atom. The van der Waals surface area contributed by atoms with Gasteiger partial charge in [-0.25, -0.2) is 0 Å². The van der Waals surface area contributed by atoms with E-state index in [1.54, 1.807) is 18.2 Å². The molecule has 1 aromatic heterocycles. The van der Waals surface area contributed by atoms with Crippen LogP contribution in [0, 0.1) is 13.8 Å². The lowest BCUT2D eigenvalue weighted by Gasteiger charge is -2.19. The fraction of sp³-hybridized carbons (Fsp3) is 0.231. The zero-order chi connectivity index (χ0) is 21.6. The predicted octanol–water partition coefficient (Wildman–Crippen LogP) is 6.11. The second kappa shape index (κ2) is 7.13. The van der Waals surface area contributed by atoms with Gasteiger partial charge in [0.2, 0.25) is 5.43 Å². The van der Waals surface area contributed by atoms with E-state index < -0.39 is 0 Å². The van der Waals surface area contributed by atoms with E-state index in [1.807, 2.05) is 50.2 Å². The molecule has 0 atom stereocenters. The van der Waals surface area contributed by atoms with E-state index in [0.717, 1.165) is 11.1 Å². The maximum Gasteiger partial charge on any atom is 0.255 e. The van der Waals surface area contributed by atoms with Gasteiger partial charge in [-0.1, -0.05) is 32.9 Å². The van der Waals surface area contributed by atoms with Gasteiger partial charge in [-0.15, -0.1) is 0 Å². The fourth-order valence-corrected chi connectivity index (χ4v) is 3.51. The molecule has 4 aromatic rings. The Hall–Kier alpha value is -3.40. The topological polar surface area (TPSA) is 59.3 Å². The van der Waals surface area contributed by atoms with Gasteiger partial charge in [0.15, 0.2) is 0 Å². The Bertz CT molecular complexity index is 1340. The average molecular weight is 399 g/mol. The van der Waals surface area contributed by atoms with Gasteiger partial charge in [-0.3, -0.25) is 9.59 Å². The van der Waals surface area contributed by atoms with Crippen LogP contribution < -0.4 is 10.7 Å². The first-order chi connectivity index (χ1) is 14.1. The van der Waals surface area contributed by atoms with Crippen molar-refractivity contribution < 1.29 is 9.21 Å². The molecule has 0 spiro atoms. The van der Waals surface area contributed by atoms with Gasteiger partial charge in [-0.2, -0.15) is 0 Å². The van der Waals surface area contributed by atoms with Crippen molar-refractivity contribution in [2.45, 2.75) is 40.0 Å². The monoisotopic (exact) mass is 399 g/mol. The van der Waals surface area contributed by atoms with Crippen molar-refractivity contribution in [2.75, 3.05) is 5.32 Å². The lowest BCUT2D eigenvalue weighted by molar-refractivity contribution is 0.102. The first-order valence-electron chi connectivity index (χ1n) is 10.0. The van der Waals surface area contributed by atoms with E-state index >= 15 is 0 Å². The minimum absolute atomic E-state index is 0.0323. The van der Waals surface area contributed by atoms with E-state index in [2.05, 4.69) is 26.1 Å². The summed E-state index contributed by atoms with van der Waals surface area (Å²) in [5.74, 6) is -0.204. The molecule has 4 rings (SSSR count). The van der Waals surface area contributed by atoms with E-state index in [9.17, 15) is 9.59 Å². The highest BCUT2D eigenvalue weighted by Gasteiger charge is 2.15. The third kappa shape index (κ3) is 3.61. The lowest BCUT2D eigenvalue weighted by atomic mass is 9.87. The summed E-state index contributed by atoms with van der Waals surface area (Å²) >= 11 is 0. The molecule has 0 radical (unpaired) electrons. The van der Waals surface area contributed by atoms with Crippen molar-refractivity contribution in [1.82, 2.24) is 0 Å². The highest BCUT2D eigenvalue weighted by Crippen LogP contribution is 2.25. The molecule has 30 heavy (non-hydrogen) atoms. The molecular weight excluding hydrogens is 374 g/mol. The van der Waals surface area contributed by atoms with E-state index in [4.69, 9.17) is 4.42 Å². The van der Waals surface area contributed by atoms with Gasteiger partial charge in [-0.05, 0) is 72.4 Å². The molecule has 1 amide bonds. The van der Waals surface area contributed by atoms with Crippen molar-refractivity contribution in [3.05, 3.63) is 87.1 Å². The summed E-state index contributed by atoms with van der Waals surface area (Å²) in [5, 5.41) is 3.96. The van der Waals surface area contributed by atoms with Crippen LogP contribution in [-0.4, -0.2) is 5.91 Å². The van der Waals surface area contributed by atoms with Crippen LogP contribution in [-0.2, 0) is 5.41 Å². The van der Waals surface area contributed by atoms with Crippen molar-refractivity contribution in [1.29, 1.82) is 0 Å². The number of carbonyl (C=O) groups excluding carboxylic acids is 1. The van der Waals surface area contributed by atoms with Crippen LogP contribution in [0.15, 0.2) is 63.8 Å². The van der Waals surface area contributed by atoms with Crippen LogP contribution in [0.5, 0.6) is 0 Å². The van der Waals surface area contributed by atoms with Gasteiger partial charge in [0.25, 0.3) is 5.91 Å². The number of aryl methyl sites for hydroxylation is 2. The molecule has 0 bridgehead atoms. The number of hydrogen-bond acceptors (Lipinski definition) is 3. The summed E-state index contributed by atoms with van der Waals surface area (Å²) in [6.07, 6.45) is 0. The number of amides is 1. The molecule has 152 valence electrons. The number of benzene rings is 3. The van der Waals surface area contributed by atoms with Crippen molar-refractivity contribution in [3.8, 4) is 0 Å². The van der Waals surface area contributed by atoms with Gasteiger partial charge in [0, 0.05) is 17.3 Å². The molecule has 0 fully saturated rings. The number of hydrogen-bond donors (Lipinski definition) is 1. The maximum absolute atomic E-state index is 12.9. The number of nitrogens with one attached hydrogen (secondary N) is 1. The number of anilines is 1. The highest BCUT2D eigenvalue weighted by molar-refractivity contribution is 6.05. The van der Waals surface area contributed by atoms with Crippen molar-refractivity contribution >= 4 is 33.5 Å². The second-order valence-corrected chi connectivity index (χ2v) is 8.86. The van der Waals surface area contributed by atoms with E-state index in [-0.39, 0.29) is 16.8 Å². The van der Waals surface area contributed by atoms with E-state index in [1.165, 1.54) is 5.56 Å². The molecule has 1 N–H and O–H groups in total. The number of rotatable bonds is 2. The van der Waals surface area contributed by atoms with Gasteiger partial charge >= 0.3 is 0 Å². The quantitative estimate of drug-likeness (QED) is 0.414.